The molecule has 0 unspecified atom stereocenters. The van der Waals surface area contributed by atoms with Crippen LogP contribution < -0.4 is 0 Å². The zero-order valence-corrected chi connectivity index (χ0v) is 11.5. The lowest BCUT2D eigenvalue weighted by Crippen LogP contribution is -2.25. The molecule has 18 heavy (non-hydrogen) atoms. The highest BCUT2D eigenvalue weighted by Gasteiger charge is 2.20. The topological polar surface area (TPSA) is 69.4 Å². The quantitative estimate of drug-likeness (QED) is 0.485. The number of hydrogen-bond donors (Lipinski definition) is 0. The number of hydrogen-bond acceptors (Lipinski definition) is 4. The first-order chi connectivity index (χ1) is 8.35. The van der Waals surface area contributed by atoms with E-state index in [1.54, 1.807) is 24.9 Å². The van der Waals surface area contributed by atoms with Crippen LogP contribution >= 0.6 is 15.9 Å². The molecule has 0 heterocycles. The molecule has 1 rings (SSSR count). The minimum atomic E-state index is -0.748. The number of nitro benzene ring substituents is 1. The third kappa shape index (κ3) is 3.96. The molecule has 0 bridgehead atoms. The molecule has 0 aliphatic carbocycles. The summed E-state index contributed by atoms with van der Waals surface area (Å²) >= 11 is 3.11. The third-order valence-electron chi connectivity index (χ3n) is 2.13. The number of rotatable bonds is 4. The van der Waals surface area contributed by atoms with E-state index in [-0.39, 0.29) is 11.3 Å². The van der Waals surface area contributed by atoms with Gasteiger partial charge in [-0.1, -0.05) is 15.9 Å². The molecule has 0 aliphatic heterocycles. The smallest absolute Gasteiger partial charge is 0.338 e. The van der Waals surface area contributed by atoms with Gasteiger partial charge in [-0.15, -0.1) is 0 Å². The molecule has 0 radical (unpaired) electrons. The lowest BCUT2D eigenvalue weighted by atomic mass is 10.1. The predicted octanol–water partition coefficient (Wildman–Crippen LogP) is 3.44. The van der Waals surface area contributed by atoms with E-state index in [9.17, 15) is 14.9 Å². The van der Waals surface area contributed by atoms with Gasteiger partial charge in [-0.3, -0.25) is 10.1 Å². The zero-order valence-electron chi connectivity index (χ0n) is 9.92. The number of nitrogens with zero attached hydrogens (tertiary/aromatic N) is 1. The molecule has 6 heteroatoms. The zero-order chi connectivity index (χ0) is 13.8. The highest BCUT2D eigenvalue weighted by atomic mass is 79.9. The average molecular weight is 314 g/mol. The van der Waals surface area contributed by atoms with Crippen molar-refractivity contribution in [1.82, 2.24) is 0 Å². The summed E-state index contributed by atoms with van der Waals surface area (Å²) in [4.78, 5) is 23.3. The molecule has 0 atom stereocenters. The van der Waals surface area contributed by atoms with Crippen molar-refractivity contribution in [3.63, 3.8) is 0 Å². The van der Waals surface area contributed by atoms with Crippen molar-refractivity contribution in [2.75, 3.05) is 0 Å². The van der Waals surface area contributed by atoms with Crippen LogP contribution in [0.2, 0.25) is 0 Å². The van der Waals surface area contributed by atoms with Gasteiger partial charge in [0, 0.05) is 12.1 Å². The second kappa shape index (κ2) is 5.77. The Morgan fingerprint density at radius 3 is 2.39 bits per heavy atom. The number of esters is 1. The van der Waals surface area contributed by atoms with Gasteiger partial charge in [0.15, 0.2) is 0 Å². The Kier molecular flexibility index (Phi) is 4.61. The van der Waals surface area contributed by atoms with Gasteiger partial charge >= 0.3 is 5.97 Å². The van der Waals surface area contributed by atoms with Crippen molar-refractivity contribution in [2.45, 2.75) is 19.4 Å². The van der Waals surface area contributed by atoms with Crippen LogP contribution in [0.3, 0.4) is 0 Å². The maximum absolute atomic E-state index is 11.8. The van der Waals surface area contributed by atoms with Crippen molar-refractivity contribution in [3.05, 3.63) is 51.0 Å². The van der Waals surface area contributed by atoms with Crippen LogP contribution in [0.4, 0.5) is 5.69 Å². The molecule has 0 saturated carbocycles. The Labute approximate surface area is 113 Å². The van der Waals surface area contributed by atoms with Crippen molar-refractivity contribution in [2.24, 2.45) is 0 Å². The SMILES string of the molecule is CC(C)(/C=C/Br)OC(=O)c1ccc([N+](=O)[O-])cc1. The molecule has 5 nitrogen and oxygen atoms in total. The molecule has 0 fully saturated rings. The van der Waals surface area contributed by atoms with Crippen LogP contribution in [0.15, 0.2) is 35.3 Å². The fourth-order valence-electron chi connectivity index (χ4n) is 1.20. The number of carbonyl (C=O) groups excluding carboxylic acids is 1. The molecule has 1 aromatic carbocycles. The van der Waals surface area contributed by atoms with E-state index >= 15 is 0 Å². The third-order valence-corrected chi connectivity index (χ3v) is 2.40. The van der Waals surface area contributed by atoms with Crippen LogP contribution in [-0.4, -0.2) is 16.5 Å². The van der Waals surface area contributed by atoms with Gasteiger partial charge < -0.3 is 4.74 Å². The van der Waals surface area contributed by atoms with Gasteiger partial charge in [0.1, 0.15) is 5.60 Å². The first kappa shape index (κ1) is 14.4. The standard InChI is InChI=1S/C12H12BrNO4/c1-12(2,7-8-13)18-11(15)9-3-5-10(6-4-9)14(16)17/h3-8H,1-2H3/b8-7+. The first-order valence-electron chi connectivity index (χ1n) is 5.11. The van der Waals surface area contributed by atoms with Crippen molar-refractivity contribution in [3.8, 4) is 0 Å². The number of halogens is 1. The maximum atomic E-state index is 11.8. The van der Waals surface area contributed by atoms with Gasteiger partial charge in [0.2, 0.25) is 0 Å². The largest absolute Gasteiger partial charge is 0.452 e. The number of nitro groups is 1. The molecule has 0 amide bonds. The lowest BCUT2D eigenvalue weighted by molar-refractivity contribution is -0.384. The summed E-state index contributed by atoms with van der Waals surface area (Å²) in [7, 11) is 0. The number of benzene rings is 1. The van der Waals surface area contributed by atoms with Crippen molar-refractivity contribution < 1.29 is 14.5 Å². The lowest BCUT2D eigenvalue weighted by Gasteiger charge is -2.20. The molecule has 96 valence electrons. The van der Waals surface area contributed by atoms with E-state index in [2.05, 4.69) is 15.9 Å². The minimum absolute atomic E-state index is 0.0637. The first-order valence-corrected chi connectivity index (χ1v) is 6.03. The van der Waals surface area contributed by atoms with Gasteiger partial charge in [-0.2, -0.15) is 0 Å². The highest BCUT2D eigenvalue weighted by molar-refractivity contribution is 9.11. The van der Waals surface area contributed by atoms with Crippen LogP contribution in [0, 0.1) is 10.1 Å². The van der Waals surface area contributed by atoms with E-state index in [0.717, 1.165) is 0 Å². The molecule has 0 aromatic heterocycles. The number of carbonyl (C=O) groups is 1. The Hall–Kier alpha value is -1.69. The second-order valence-electron chi connectivity index (χ2n) is 4.09. The van der Waals surface area contributed by atoms with E-state index in [1.807, 2.05) is 0 Å². The maximum Gasteiger partial charge on any atom is 0.338 e. The van der Waals surface area contributed by atoms with Crippen LogP contribution in [0.5, 0.6) is 0 Å². The van der Waals surface area contributed by atoms with Gasteiger partial charge in [0.25, 0.3) is 5.69 Å². The molecular formula is C12H12BrNO4. The van der Waals surface area contributed by atoms with E-state index in [4.69, 9.17) is 4.74 Å². The summed E-state index contributed by atoms with van der Waals surface area (Å²) in [6, 6.07) is 5.27. The summed E-state index contributed by atoms with van der Waals surface area (Å²) in [5, 5.41) is 10.5. The van der Waals surface area contributed by atoms with Gasteiger partial charge in [-0.25, -0.2) is 4.79 Å². The highest BCUT2D eigenvalue weighted by Crippen LogP contribution is 2.17. The van der Waals surface area contributed by atoms with Gasteiger partial charge in [0.05, 0.1) is 10.5 Å². The normalized spacial score (nSPS) is 11.5. The molecule has 0 spiro atoms. The molecule has 0 N–H and O–H groups in total. The van der Waals surface area contributed by atoms with E-state index < -0.39 is 16.5 Å². The van der Waals surface area contributed by atoms with Crippen LogP contribution in [0.25, 0.3) is 0 Å². The van der Waals surface area contributed by atoms with Crippen LogP contribution in [0.1, 0.15) is 24.2 Å². The summed E-state index contributed by atoms with van der Waals surface area (Å²) in [5.41, 5.74) is -0.537. The summed E-state index contributed by atoms with van der Waals surface area (Å²) in [6.45, 7) is 3.46. The molecular weight excluding hydrogens is 302 g/mol. The summed E-state index contributed by atoms with van der Waals surface area (Å²) in [6.07, 6.45) is 1.68. The summed E-state index contributed by atoms with van der Waals surface area (Å²) in [5.74, 6) is -0.527. The minimum Gasteiger partial charge on any atom is -0.452 e. The Morgan fingerprint density at radius 1 is 1.39 bits per heavy atom. The van der Waals surface area contributed by atoms with E-state index in [1.165, 1.54) is 24.3 Å². The summed E-state index contributed by atoms with van der Waals surface area (Å²) < 4.78 is 5.24. The number of non-ortho nitro benzene ring substituents is 1. The van der Waals surface area contributed by atoms with Crippen LogP contribution in [-0.2, 0) is 4.74 Å². The molecule has 0 saturated heterocycles. The van der Waals surface area contributed by atoms with E-state index in [0.29, 0.717) is 0 Å². The number of ether oxygens (including phenoxy) is 1. The fourth-order valence-corrected chi connectivity index (χ4v) is 1.84. The van der Waals surface area contributed by atoms with Gasteiger partial charge in [-0.05, 0) is 37.0 Å². The monoisotopic (exact) mass is 313 g/mol. The van der Waals surface area contributed by atoms with Crippen molar-refractivity contribution >= 4 is 27.6 Å². The Morgan fingerprint density at radius 2 is 1.94 bits per heavy atom. The predicted molar refractivity (Wildman–Crippen MR) is 70.7 cm³/mol. The Balaban J connectivity index is 2.82. The second-order valence-corrected chi connectivity index (χ2v) is 4.62. The average Bonchev–Trinajstić information content (AvgIpc) is 2.28. The fraction of sp³-hybridized carbons (Fsp3) is 0.250. The molecule has 0 aliphatic rings. The molecule has 1 aromatic rings. The Bertz CT molecular complexity index is 479. The van der Waals surface area contributed by atoms with Crippen molar-refractivity contribution in [1.29, 1.82) is 0 Å².